The standard InChI is InChI=1S/C13H11F4NO/c14-11-2-1-10(12(5-11)13(15,16)17)7-18-6-9-3-4-19-8-9/h1-5,8,18H,6-7H2. The average Bonchev–Trinajstić information content (AvgIpc) is 2.83. The van der Waals surface area contributed by atoms with Crippen molar-refractivity contribution in [2.75, 3.05) is 0 Å². The van der Waals surface area contributed by atoms with E-state index in [2.05, 4.69) is 5.32 Å². The quantitative estimate of drug-likeness (QED) is 0.859. The average molecular weight is 273 g/mol. The van der Waals surface area contributed by atoms with Gasteiger partial charge in [-0.05, 0) is 23.8 Å². The van der Waals surface area contributed by atoms with E-state index in [0.717, 1.165) is 17.7 Å². The van der Waals surface area contributed by atoms with Gasteiger partial charge in [0.1, 0.15) is 5.82 Å². The molecule has 0 unspecified atom stereocenters. The van der Waals surface area contributed by atoms with Crippen LogP contribution in [0, 0.1) is 5.82 Å². The highest BCUT2D eigenvalue weighted by Crippen LogP contribution is 2.32. The normalized spacial score (nSPS) is 11.8. The summed E-state index contributed by atoms with van der Waals surface area (Å²) in [5.74, 6) is -0.897. The second-order valence-electron chi connectivity index (χ2n) is 4.03. The number of benzene rings is 1. The number of furan rings is 1. The zero-order valence-corrected chi connectivity index (χ0v) is 9.80. The summed E-state index contributed by atoms with van der Waals surface area (Å²) in [6.45, 7) is 0.380. The molecule has 0 saturated heterocycles. The van der Waals surface area contributed by atoms with Crippen molar-refractivity contribution in [3.8, 4) is 0 Å². The van der Waals surface area contributed by atoms with Gasteiger partial charge in [0.15, 0.2) is 0 Å². The van der Waals surface area contributed by atoms with Crippen molar-refractivity contribution in [3.05, 3.63) is 59.3 Å². The maximum atomic E-state index is 12.9. The fourth-order valence-electron chi connectivity index (χ4n) is 1.70. The van der Waals surface area contributed by atoms with Crippen LogP contribution in [-0.2, 0) is 19.3 Å². The highest BCUT2D eigenvalue weighted by atomic mass is 19.4. The predicted octanol–water partition coefficient (Wildman–Crippen LogP) is 3.73. The van der Waals surface area contributed by atoms with E-state index in [1.807, 2.05) is 0 Å². The van der Waals surface area contributed by atoms with Crippen LogP contribution in [-0.4, -0.2) is 0 Å². The Morgan fingerprint density at radius 2 is 1.89 bits per heavy atom. The fourth-order valence-corrected chi connectivity index (χ4v) is 1.70. The topological polar surface area (TPSA) is 25.2 Å². The molecule has 6 heteroatoms. The zero-order chi connectivity index (χ0) is 13.9. The van der Waals surface area contributed by atoms with Crippen molar-refractivity contribution in [2.45, 2.75) is 19.3 Å². The van der Waals surface area contributed by atoms with E-state index < -0.39 is 17.6 Å². The van der Waals surface area contributed by atoms with Gasteiger partial charge in [0, 0.05) is 18.7 Å². The molecule has 0 fully saturated rings. The van der Waals surface area contributed by atoms with Gasteiger partial charge in [0.05, 0.1) is 18.1 Å². The Labute approximate surface area is 107 Å². The molecule has 1 heterocycles. The second-order valence-corrected chi connectivity index (χ2v) is 4.03. The highest BCUT2D eigenvalue weighted by molar-refractivity contribution is 5.30. The lowest BCUT2D eigenvalue weighted by Crippen LogP contribution is -2.17. The molecule has 2 aromatic rings. The molecule has 0 aliphatic rings. The monoisotopic (exact) mass is 273 g/mol. The van der Waals surface area contributed by atoms with Crippen molar-refractivity contribution in [1.82, 2.24) is 5.32 Å². The van der Waals surface area contributed by atoms with Crippen molar-refractivity contribution >= 4 is 0 Å². The van der Waals surface area contributed by atoms with Gasteiger partial charge in [-0.1, -0.05) is 6.07 Å². The SMILES string of the molecule is Fc1ccc(CNCc2ccoc2)c(C(F)(F)F)c1. The third-order valence-electron chi connectivity index (χ3n) is 2.60. The largest absolute Gasteiger partial charge is 0.472 e. The third kappa shape index (κ3) is 3.57. The predicted molar refractivity (Wildman–Crippen MR) is 60.7 cm³/mol. The van der Waals surface area contributed by atoms with Crippen molar-refractivity contribution < 1.29 is 22.0 Å². The summed E-state index contributed by atoms with van der Waals surface area (Å²) >= 11 is 0. The molecule has 0 aliphatic carbocycles. The first-order valence-electron chi connectivity index (χ1n) is 5.54. The first kappa shape index (κ1) is 13.6. The van der Waals surface area contributed by atoms with Crippen LogP contribution in [0.15, 0.2) is 41.2 Å². The minimum Gasteiger partial charge on any atom is -0.472 e. The number of hydrogen-bond donors (Lipinski definition) is 1. The van der Waals surface area contributed by atoms with E-state index in [1.54, 1.807) is 6.07 Å². The molecule has 1 aromatic carbocycles. The minimum atomic E-state index is -4.56. The van der Waals surface area contributed by atoms with Gasteiger partial charge in [-0.3, -0.25) is 0 Å². The summed E-state index contributed by atoms with van der Waals surface area (Å²) in [6.07, 6.45) is -1.58. The lowest BCUT2D eigenvalue weighted by atomic mass is 10.1. The van der Waals surface area contributed by atoms with E-state index in [0.29, 0.717) is 12.6 Å². The maximum absolute atomic E-state index is 12.9. The van der Waals surface area contributed by atoms with E-state index in [4.69, 9.17) is 4.42 Å². The molecule has 102 valence electrons. The van der Waals surface area contributed by atoms with Crippen LogP contribution < -0.4 is 5.32 Å². The second kappa shape index (κ2) is 5.44. The van der Waals surface area contributed by atoms with Crippen LogP contribution >= 0.6 is 0 Å². The smallest absolute Gasteiger partial charge is 0.416 e. The van der Waals surface area contributed by atoms with Gasteiger partial charge in [0.2, 0.25) is 0 Å². The van der Waals surface area contributed by atoms with Crippen LogP contribution in [0.25, 0.3) is 0 Å². The molecule has 1 N–H and O–H groups in total. The van der Waals surface area contributed by atoms with Gasteiger partial charge >= 0.3 is 6.18 Å². The summed E-state index contributed by atoms with van der Waals surface area (Å²) in [5.41, 5.74) is -0.111. The Bertz CT molecular complexity index is 534. The lowest BCUT2D eigenvalue weighted by molar-refractivity contribution is -0.138. The number of rotatable bonds is 4. The van der Waals surface area contributed by atoms with E-state index in [-0.39, 0.29) is 12.1 Å². The molecule has 0 atom stereocenters. The molecule has 2 nitrogen and oxygen atoms in total. The first-order valence-corrected chi connectivity index (χ1v) is 5.54. The molecule has 19 heavy (non-hydrogen) atoms. The van der Waals surface area contributed by atoms with Gasteiger partial charge in [-0.15, -0.1) is 0 Å². The molecular formula is C13H11F4NO. The summed E-state index contributed by atoms with van der Waals surface area (Å²) in [7, 11) is 0. The minimum absolute atomic E-state index is 0.000301. The summed E-state index contributed by atoms with van der Waals surface area (Å²) in [6, 6.07) is 4.38. The molecule has 0 aliphatic heterocycles. The molecule has 0 radical (unpaired) electrons. The lowest BCUT2D eigenvalue weighted by Gasteiger charge is -2.13. The van der Waals surface area contributed by atoms with Crippen LogP contribution in [0.1, 0.15) is 16.7 Å². The number of alkyl halides is 3. The summed E-state index contributed by atoms with van der Waals surface area (Å²) in [4.78, 5) is 0. The van der Waals surface area contributed by atoms with E-state index in [9.17, 15) is 17.6 Å². The zero-order valence-electron chi connectivity index (χ0n) is 9.80. The summed E-state index contributed by atoms with van der Waals surface area (Å²) in [5, 5.41) is 2.85. The van der Waals surface area contributed by atoms with Crippen molar-refractivity contribution in [1.29, 1.82) is 0 Å². The van der Waals surface area contributed by atoms with Gasteiger partial charge < -0.3 is 9.73 Å². The van der Waals surface area contributed by atoms with Crippen LogP contribution in [0.5, 0.6) is 0 Å². The highest BCUT2D eigenvalue weighted by Gasteiger charge is 2.33. The molecule has 0 spiro atoms. The maximum Gasteiger partial charge on any atom is 0.416 e. The fraction of sp³-hybridized carbons (Fsp3) is 0.231. The van der Waals surface area contributed by atoms with Crippen LogP contribution in [0.2, 0.25) is 0 Å². The van der Waals surface area contributed by atoms with Crippen LogP contribution in [0.4, 0.5) is 17.6 Å². The Morgan fingerprint density at radius 3 is 2.53 bits per heavy atom. The molecule has 0 amide bonds. The van der Waals surface area contributed by atoms with Gasteiger partial charge in [-0.25, -0.2) is 4.39 Å². The molecule has 0 bridgehead atoms. The van der Waals surface area contributed by atoms with Crippen LogP contribution in [0.3, 0.4) is 0 Å². The molecule has 0 saturated carbocycles. The molecule has 2 rings (SSSR count). The van der Waals surface area contributed by atoms with Gasteiger partial charge in [-0.2, -0.15) is 13.2 Å². The third-order valence-corrected chi connectivity index (χ3v) is 2.60. The Balaban J connectivity index is 2.07. The van der Waals surface area contributed by atoms with Crippen molar-refractivity contribution in [3.63, 3.8) is 0 Å². The Kier molecular flexibility index (Phi) is 3.90. The first-order chi connectivity index (χ1) is 8.97. The number of hydrogen-bond acceptors (Lipinski definition) is 2. The molecule has 1 aromatic heterocycles. The Morgan fingerprint density at radius 1 is 1.11 bits per heavy atom. The number of halogens is 4. The molecular weight excluding hydrogens is 262 g/mol. The van der Waals surface area contributed by atoms with Crippen molar-refractivity contribution in [2.24, 2.45) is 0 Å². The van der Waals surface area contributed by atoms with E-state index >= 15 is 0 Å². The van der Waals surface area contributed by atoms with Gasteiger partial charge in [0.25, 0.3) is 0 Å². The van der Waals surface area contributed by atoms with E-state index in [1.165, 1.54) is 12.5 Å². The number of nitrogens with one attached hydrogen (secondary N) is 1. The summed E-state index contributed by atoms with van der Waals surface area (Å²) < 4.78 is 55.9. The Hall–Kier alpha value is -1.82.